The second-order valence-corrected chi connectivity index (χ2v) is 9.95. The number of anilines is 1. The number of piperidine rings is 2. The molecule has 1 amide bonds. The molecule has 5 rings (SSSR count). The molecular formula is C26H29F4N5O2. The number of carbonyl (C=O) groups is 1. The van der Waals surface area contributed by atoms with Crippen LogP contribution >= 0.6 is 0 Å². The number of nitrogen functional groups attached to an aromatic ring is 1. The van der Waals surface area contributed by atoms with Crippen molar-refractivity contribution in [1.82, 2.24) is 19.8 Å². The number of pyridine rings is 1. The summed E-state index contributed by atoms with van der Waals surface area (Å²) in [5, 5.41) is 0.795. The van der Waals surface area contributed by atoms with Crippen LogP contribution in [0.4, 0.5) is 23.2 Å². The third-order valence-corrected chi connectivity index (χ3v) is 7.51. The molecule has 37 heavy (non-hydrogen) atoms. The van der Waals surface area contributed by atoms with Crippen molar-refractivity contribution in [3.8, 4) is 5.75 Å². The smallest absolute Gasteiger partial charge is 0.406 e. The molecule has 0 spiro atoms. The molecule has 0 radical (unpaired) electrons. The Kier molecular flexibility index (Phi) is 6.74. The molecule has 4 heterocycles. The summed E-state index contributed by atoms with van der Waals surface area (Å²) in [4.78, 5) is 24.6. The lowest BCUT2D eigenvalue weighted by molar-refractivity contribution is -0.274. The number of benzene rings is 1. The van der Waals surface area contributed by atoms with Crippen molar-refractivity contribution in [2.75, 3.05) is 39.0 Å². The number of halogens is 4. The van der Waals surface area contributed by atoms with E-state index in [1.807, 2.05) is 6.07 Å². The van der Waals surface area contributed by atoms with Crippen molar-refractivity contribution >= 4 is 22.6 Å². The number of fused-ring (bicyclic) bond motifs is 1. The van der Waals surface area contributed by atoms with E-state index in [9.17, 15) is 18.0 Å². The number of hydrogen-bond donors (Lipinski definition) is 2. The summed E-state index contributed by atoms with van der Waals surface area (Å²) in [7, 11) is 2.11. The first-order valence-electron chi connectivity index (χ1n) is 12.4. The van der Waals surface area contributed by atoms with Crippen LogP contribution in [-0.4, -0.2) is 65.3 Å². The van der Waals surface area contributed by atoms with Gasteiger partial charge in [0.1, 0.15) is 17.2 Å². The molecule has 2 fully saturated rings. The van der Waals surface area contributed by atoms with Crippen LogP contribution < -0.4 is 10.5 Å². The normalized spacial score (nSPS) is 18.5. The van der Waals surface area contributed by atoms with Gasteiger partial charge in [-0.15, -0.1) is 13.2 Å². The first-order valence-corrected chi connectivity index (χ1v) is 12.4. The number of H-pyrrole nitrogens is 1. The third kappa shape index (κ3) is 5.36. The van der Waals surface area contributed by atoms with Crippen molar-refractivity contribution < 1.29 is 27.1 Å². The van der Waals surface area contributed by atoms with Crippen LogP contribution in [0, 0.1) is 5.82 Å². The van der Waals surface area contributed by atoms with Crippen LogP contribution in [0.3, 0.4) is 0 Å². The van der Waals surface area contributed by atoms with Crippen molar-refractivity contribution in [1.29, 1.82) is 0 Å². The zero-order valence-corrected chi connectivity index (χ0v) is 20.4. The topological polar surface area (TPSA) is 87.5 Å². The lowest BCUT2D eigenvalue weighted by atomic mass is 9.87. The molecule has 2 aliphatic heterocycles. The van der Waals surface area contributed by atoms with Gasteiger partial charge in [0.05, 0.1) is 11.8 Å². The van der Waals surface area contributed by atoms with Gasteiger partial charge in [0.15, 0.2) is 0 Å². The number of hydrogen-bond acceptors (Lipinski definition) is 5. The number of alkyl halides is 3. The largest absolute Gasteiger partial charge is 0.573 e. The van der Waals surface area contributed by atoms with Crippen LogP contribution in [0.1, 0.15) is 59.1 Å². The second-order valence-electron chi connectivity index (χ2n) is 9.95. The molecule has 2 aliphatic rings. The maximum atomic E-state index is 15.1. The number of likely N-dealkylation sites (tertiary alicyclic amines) is 2. The molecule has 11 heteroatoms. The predicted molar refractivity (Wildman–Crippen MR) is 131 cm³/mol. The highest BCUT2D eigenvalue weighted by atomic mass is 19.4. The van der Waals surface area contributed by atoms with Gasteiger partial charge in [-0.25, -0.2) is 9.37 Å². The number of nitrogens with one attached hydrogen (secondary N) is 1. The van der Waals surface area contributed by atoms with E-state index < -0.39 is 12.1 Å². The second kappa shape index (κ2) is 9.85. The minimum atomic E-state index is -4.85. The summed E-state index contributed by atoms with van der Waals surface area (Å²) in [5.41, 5.74) is 8.27. The summed E-state index contributed by atoms with van der Waals surface area (Å²) < 4.78 is 56.3. The molecule has 2 aromatic heterocycles. The lowest BCUT2D eigenvalue weighted by Gasteiger charge is -2.33. The Morgan fingerprint density at radius 1 is 1.08 bits per heavy atom. The number of ether oxygens (including phenoxy) is 1. The number of carbonyl (C=O) groups excluding carboxylic acids is 1. The van der Waals surface area contributed by atoms with Gasteiger partial charge in [-0.05, 0) is 69.9 Å². The Bertz CT molecular complexity index is 1290. The fourth-order valence-corrected chi connectivity index (χ4v) is 5.52. The standard InChI is InChI=1S/C26H29F4N5O2/c1-34-8-4-15(5-9-34)22-13-19-23(20(27)14-32-24(19)33-22)16-6-10-35(11-7-16)25(36)18-3-2-17(12-21(18)31)37-26(28,29)30/h2-3,12-16H,4-11,31H2,1H3,(H,32,33). The Hall–Kier alpha value is -3.34. The molecule has 0 unspecified atom stereocenters. The number of aromatic amines is 1. The maximum Gasteiger partial charge on any atom is 0.573 e. The van der Waals surface area contributed by atoms with Crippen LogP contribution in [-0.2, 0) is 0 Å². The third-order valence-electron chi connectivity index (χ3n) is 7.51. The highest BCUT2D eigenvalue weighted by molar-refractivity contribution is 5.99. The van der Waals surface area contributed by atoms with E-state index in [-0.39, 0.29) is 28.9 Å². The van der Waals surface area contributed by atoms with Crippen LogP contribution in [0.5, 0.6) is 5.75 Å². The van der Waals surface area contributed by atoms with Gasteiger partial charge in [-0.2, -0.15) is 0 Å². The van der Waals surface area contributed by atoms with E-state index >= 15 is 4.39 Å². The van der Waals surface area contributed by atoms with Crippen molar-refractivity contribution in [2.24, 2.45) is 0 Å². The van der Waals surface area contributed by atoms with Crippen LogP contribution in [0.15, 0.2) is 30.5 Å². The van der Waals surface area contributed by atoms with Gasteiger partial charge in [-0.3, -0.25) is 4.79 Å². The van der Waals surface area contributed by atoms with E-state index in [1.54, 1.807) is 4.90 Å². The van der Waals surface area contributed by atoms with Gasteiger partial charge >= 0.3 is 6.36 Å². The summed E-state index contributed by atoms with van der Waals surface area (Å²) in [6.45, 7) is 2.78. The van der Waals surface area contributed by atoms with Gasteiger partial charge in [0, 0.05) is 47.4 Å². The molecule has 3 N–H and O–H groups in total. The monoisotopic (exact) mass is 519 g/mol. The number of rotatable bonds is 4. The van der Waals surface area contributed by atoms with E-state index in [1.165, 1.54) is 12.3 Å². The fourth-order valence-electron chi connectivity index (χ4n) is 5.52. The van der Waals surface area contributed by atoms with Gasteiger partial charge < -0.3 is 25.3 Å². The maximum absolute atomic E-state index is 15.1. The Balaban J connectivity index is 1.30. The molecule has 2 saturated heterocycles. The lowest BCUT2D eigenvalue weighted by Crippen LogP contribution is -2.38. The van der Waals surface area contributed by atoms with Gasteiger partial charge in [0.2, 0.25) is 0 Å². The zero-order valence-electron chi connectivity index (χ0n) is 20.4. The molecular weight excluding hydrogens is 490 g/mol. The summed E-state index contributed by atoms with van der Waals surface area (Å²) >= 11 is 0. The molecule has 7 nitrogen and oxygen atoms in total. The van der Waals surface area contributed by atoms with E-state index in [2.05, 4.69) is 26.7 Å². The molecule has 3 aromatic rings. The van der Waals surface area contributed by atoms with Crippen LogP contribution in [0.2, 0.25) is 0 Å². The Morgan fingerprint density at radius 2 is 1.76 bits per heavy atom. The van der Waals surface area contributed by atoms with Crippen molar-refractivity contribution in [3.63, 3.8) is 0 Å². The molecule has 0 aliphatic carbocycles. The average molecular weight is 520 g/mol. The number of nitrogens with zero attached hydrogens (tertiary/aromatic N) is 3. The number of amides is 1. The van der Waals surface area contributed by atoms with Gasteiger partial charge in [-0.1, -0.05) is 0 Å². The number of nitrogens with two attached hydrogens (primary N) is 1. The van der Waals surface area contributed by atoms with Crippen LogP contribution in [0.25, 0.3) is 11.0 Å². The Morgan fingerprint density at radius 3 is 2.41 bits per heavy atom. The zero-order chi connectivity index (χ0) is 26.3. The quantitative estimate of drug-likeness (QED) is 0.374. The molecule has 0 saturated carbocycles. The first-order chi connectivity index (χ1) is 17.6. The molecule has 0 atom stereocenters. The highest BCUT2D eigenvalue weighted by Gasteiger charge is 2.32. The minimum absolute atomic E-state index is 0.0874. The predicted octanol–water partition coefficient (Wildman–Crippen LogP) is 5.01. The van der Waals surface area contributed by atoms with E-state index in [0.29, 0.717) is 43.1 Å². The Labute approximate surface area is 211 Å². The number of aromatic nitrogens is 2. The first kappa shape index (κ1) is 25.3. The van der Waals surface area contributed by atoms with Crippen molar-refractivity contribution in [3.05, 3.63) is 53.1 Å². The van der Waals surface area contributed by atoms with Gasteiger partial charge in [0.25, 0.3) is 5.91 Å². The molecule has 0 bridgehead atoms. The molecule has 1 aromatic carbocycles. The van der Waals surface area contributed by atoms with Crippen molar-refractivity contribution in [2.45, 2.75) is 43.9 Å². The fraction of sp³-hybridized carbons (Fsp3) is 0.462. The minimum Gasteiger partial charge on any atom is -0.406 e. The summed E-state index contributed by atoms with van der Waals surface area (Å²) in [6, 6.07) is 5.34. The van der Waals surface area contributed by atoms with E-state index in [4.69, 9.17) is 5.73 Å². The SMILES string of the molecule is CN1CCC(c2cc3c(C4CCN(C(=O)c5ccc(OC(F)(F)F)cc5N)CC4)c(F)cnc3[nH]2)CC1. The van der Waals surface area contributed by atoms with E-state index in [0.717, 1.165) is 49.1 Å². The average Bonchev–Trinajstić information content (AvgIpc) is 3.27. The molecule has 198 valence electrons. The summed E-state index contributed by atoms with van der Waals surface area (Å²) in [6.07, 6.45) is -0.421. The highest BCUT2D eigenvalue weighted by Crippen LogP contribution is 2.37. The summed E-state index contributed by atoms with van der Waals surface area (Å²) in [5.74, 6) is -0.907.